The lowest BCUT2D eigenvalue weighted by atomic mass is 9.46. The van der Waals surface area contributed by atoms with Gasteiger partial charge in [-0.05, 0) is 97.7 Å². The molecule has 3 heteroatoms. The van der Waals surface area contributed by atoms with Gasteiger partial charge >= 0.3 is 0 Å². The SMILES string of the molecule is CC(C)CCCC(CO)C1CCC2C3CC=C4CC(O)C(O)CC4(C)C3CCC12C. The van der Waals surface area contributed by atoms with Crippen molar-refractivity contribution in [2.24, 2.45) is 46.3 Å². The second-order valence-corrected chi connectivity index (χ2v) is 12.3. The molecular formula is C27H46O3. The Labute approximate surface area is 184 Å². The van der Waals surface area contributed by atoms with E-state index in [4.69, 9.17) is 0 Å². The molecule has 0 heterocycles. The molecule has 0 radical (unpaired) electrons. The first-order chi connectivity index (χ1) is 14.2. The van der Waals surface area contributed by atoms with Gasteiger partial charge in [0, 0.05) is 6.61 Å². The molecule has 0 aromatic heterocycles. The molecule has 4 rings (SSSR count). The van der Waals surface area contributed by atoms with Gasteiger partial charge in [-0.25, -0.2) is 0 Å². The monoisotopic (exact) mass is 418 g/mol. The van der Waals surface area contributed by atoms with E-state index < -0.39 is 12.2 Å². The van der Waals surface area contributed by atoms with E-state index in [1.165, 1.54) is 50.5 Å². The fraction of sp³-hybridized carbons (Fsp3) is 0.926. The van der Waals surface area contributed by atoms with Gasteiger partial charge in [-0.15, -0.1) is 0 Å². The molecule has 0 aliphatic heterocycles. The van der Waals surface area contributed by atoms with Gasteiger partial charge in [-0.1, -0.05) is 52.2 Å². The zero-order chi connectivity index (χ0) is 21.7. The maximum Gasteiger partial charge on any atom is 0.0836 e. The van der Waals surface area contributed by atoms with E-state index >= 15 is 0 Å². The summed E-state index contributed by atoms with van der Waals surface area (Å²) in [5.74, 6) is 3.98. The molecule has 30 heavy (non-hydrogen) atoms. The maximum absolute atomic E-state index is 10.5. The summed E-state index contributed by atoms with van der Waals surface area (Å²) in [6.07, 6.45) is 12.6. The average molecular weight is 419 g/mol. The molecule has 3 fully saturated rings. The quantitative estimate of drug-likeness (QED) is 0.511. The highest BCUT2D eigenvalue weighted by atomic mass is 16.3. The Morgan fingerprint density at radius 2 is 1.80 bits per heavy atom. The summed E-state index contributed by atoms with van der Waals surface area (Å²) in [6.45, 7) is 9.88. The Morgan fingerprint density at radius 3 is 2.50 bits per heavy atom. The molecule has 0 aromatic rings. The van der Waals surface area contributed by atoms with Crippen LogP contribution in [0.2, 0.25) is 0 Å². The second-order valence-electron chi connectivity index (χ2n) is 12.3. The molecule has 9 unspecified atom stereocenters. The minimum atomic E-state index is -0.582. The van der Waals surface area contributed by atoms with Gasteiger partial charge in [-0.2, -0.15) is 0 Å². The molecule has 3 saturated carbocycles. The molecule has 0 spiro atoms. The van der Waals surface area contributed by atoms with Crippen molar-refractivity contribution in [3.05, 3.63) is 11.6 Å². The maximum atomic E-state index is 10.5. The Hall–Kier alpha value is -0.380. The van der Waals surface area contributed by atoms with E-state index in [-0.39, 0.29) is 5.41 Å². The lowest BCUT2D eigenvalue weighted by Gasteiger charge is -2.59. The second kappa shape index (κ2) is 8.52. The van der Waals surface area contributed by atoms with Crippen LogP contribution in [-0.2, 0) is 0 Å². The lowest BCUT2D eigenvalue weighted by Crippen LogP contribution is -2.53. The van der Waals surface area contributed by atoms with Crippen molar-refractivity contribution in [1.29, 1.82) is 0 Å². The van der Waals surface area contributed by atoms with Crippen molar-refractivity contribution in [2.45, 2.75) is 104 Å². The topological polar surface area (TPSA) is 60.7 Å². The van der Waals surface area contributed by atoms with Gasteiger partial charge in [0.2, 0.25) is 0 Å². The summed E-state index contributed by atoms with van der Waals surface area (Å²) in [4.78, 5) is 0. The molecule has 3 N–H and O–H groups in total. The molecule has 4 aliphatic carbocycles. The van der Waals surface area contributed by atoms with E-state index in [2.05, 4.69) is 33.8 Å². The highest BCUT2D eigenvalue weighted by Gasteiger charge is 2.60. The Balaban J connectivity index is 1.52. The van der Waals surface area contributed by atoms with Gasteiger partial charge < -0.3 is 15.3 Å². The predicted molar refractivity (Wildman–Crippen MR) is 122 cm³/mol. The molecule has 0 bridgehead atoms. The molecule has 9 atom stereocenters. The number of aliphatic hydroxyl groups excluding tert-OH is 3. The highest BCUT2D eigenvalue weighted by molar-refractivity contribution is 5.26. The largest absolute Gasteiger partial charge is 0.396 e. The molecular weight excluding hydrogens is 372 g/mol. The van der Waals surface area contributed by atoms with E-state index in [1.807, 2.05) is 0 Å². The van der Waals surface area contributed by atoms with E-state index in [9.17, 15) is 15.3 Å². The average Bonchev–Trinajstić information content (AvgIpc) is 3.03. The minimum absolute atomic E-state index is 0.0641. The van der Waals surface area contributed by atoms with Crippen LogP contribution in [0.4, 0.5) is 0 Å². The van der Waals surface area contributed by atoms with Crippen LogP contribution in [0, 0.1) is 46.3 Å². The summed E-state index contributed by atoms with van der Waals surface area (Å²) in [6, 6.07) is 0. The summed E-state index contributed by atoms with van der Waals surface area (Å²) < 4.78 is 0. The third-order valence-corrected chi connectivity index (χ3v) is 10.4. The number of rotatable bonds is 6. The van der Waals surface area contributed by atoms with Crippen molar-refractivity contribution < 1.29 is 15.3 Å². The zero-order valence-corrected chi connectivity index (χ0v) is 19.8. The van der Waals surface area contributed by atoms with Crippen molar-refractivity contribution in [3.8, 4) is 0 Å². The van der Waals surface area contributed by atoms with Crippen molar-refractivity contribution in [3.63, 3.8) is 0 Å². The number of hydrogen-bond donors (Lipinski definition) is 3. The van der Waals surface area contributed by atoms with Crippen LogP contribution in [0.3, 0.4) is 0 Å². The van der Waals surface area contributed by atoms with Crippen LogP contribution < -0.4 is 0 Å². The van der Waals surface area contributed by atoms with Crippen molar-refractivity contribution >= 4 is 0 Å². The van der Waals surface area contributed by atoms with Gasteiger partial charge in [0.1, 0.15) is 0 Å². The Bertz CT molecular complexity index is 642. The summed E-state index contributed by atoms with van der Waals surface area (Å²) in [5.41, 5.74) is 1.84. The summed E-state index contributed by atoms with van der Waals surface area (Å²) in [7, 11) is 0. The number of aliphatic hydroxyl groups is 3. The Morgan fingerprint density at radius 1 is 1.03 bits per heavy atom. The third kappa shape index (κ3) is 3.71. The van der Waals surface area contributed by atoms with Crippen LogP contribution in [0.15, 0.2) is 11.6 Å². The van der Waals surface area contributed by atoms with Crippen molar-refractivity contribution in [1.82, 2.24) is 0 Å². The van der Waals surface area contributed by atoms with E-state index in [0.29, 0.717) is 42.1 Å². The van der Waals surface area contributed by atoms with Crippen LogP contribution in [-0.4, -0.2) is 34.1 Å². The molecule has 0 saturated heterocycles. The minimum Gasteiger partial charge on any atom is -0.396 e. The third-order valence-electron chi connectivity index (χ3n) is 10.4. The van der Waals surface area contributed by atoms with Crippen LogP contribution in [0.5, 0.6) is 0 Å². The normalized spacial score (nSPS) is 46.7. The van der Waals surface area contributed by atoms with Gasteiger partial charge in [0.15, 0.2) is 0 Å². The first-order valence-electron chi connectivity index (χ1n) is 12.9. The van der Waals surface area contributed by atoms with Gasteiger partial charge in [-0.3, -0.25) is 0 Å². The van der Waals surface area contributed by atoms with Crippen LogP contribution in [0.25, 0.3) is 0 Å². The number of fused-ring (bicyclic) bond motifs is 5. The first kappa shape index (κ1) is 22.8. The van der Waals surface area contributed by atoms with Gasteiger partial charge in [0.25, 0.3) is 0 Å². The molecule has 3 nitrogen and oxygen atoms in total. The number of allylic oxidation sites excluding steroid dienone is 1. The predicted octanol–water partition coefficient (Wildman–Crippen LogP) is 5.33. The van der Waals surface area contributed by atoms with E-state index in [0.717, 1.165) is 24.7 Å². The smallest absolute Gasteiger partial charge is 0.0836 e. The van der Waals surface area contributed by atoms with Gasteiger partial charge in [0.05, 0.1) is 12.2 Å². The highest BCUT2D eigenvalue weighted by Crippen LogP contribution is 2.67. The van der Waals surface area contributed by atoms with Crippen molar-refractivity contribution in [2.75, 3.05) is 6.61 Å². The van der Waals surface area contributed by atoms with Crippen LogP contribution in [0.1, 0.15) is 91.9 Å². The standard InChI is InChI=1S/C27H46O3/c1-17(2)6-5-7-18(16-28)21-10-11-22-20-9-8-19-14-24(29)25(30)15-27(19,4)23(20)12-13-26(21,22)3/h8,17-18,20-25,28-30H,5-7,9-16H2,1-4H3. The molecule has 0 amide bonds. The molecule has 4 aliphatic rings. The molecule has 0 aromatic carbocycles. The lowest BCUT2D eigenvalue weighted by molar-refractivity contribution is -0.0910. The molecule has 172 valence electrons. The first-order valence-corrected chi connectivity index (χ1v) is 12.9. The fourth-order valence-corrected chi connectivity index (χ4v) is 8.71. The Kier molecular flexibility index (Phi) is 6.48. The van der Waals surface area contributed by atoms with E-state index in [1.54, 1.807) is 0 Å². The summed E-state index contributed by atoms with van der Waals surface area (Å²) >= 11 is 0. The number of hydrogen-bond acceptors (Lipinski definition) is 3. The zero-order valence-electron chi connectivity index (χ0n) is 19.8. The fourth-order valence-electron chi connectivity index (χ4n) is 8.71. The van der Waals surface area contributed by atoms with Crippen LogP contribution >= 0.6 is 0 Å². The summed E-state index contributed by atoms with van der Waals surface area (Å²) in [5, 5.41) is 31.0.